The lowest BCUT2D eigenvalue weighted by molar-refractivity contribution is 0.411. The van der Waals surface area contributed by atoms with E-state index in [0.29, 0.717) is 16.8 Å². The lowest BCUT2D eigenvalue weighted by Gasteiger charge is -2.19. The Morgan fingerprint density at radius 1 is 0.964 bits per heavy atom. The summed E-state index contributed by atoms with van der Waals surface area (Å²) in [6.45, 7) is 6.37. The first kappa shape index (κ1) is 20.5. The first-order valence-corrected chi connectivity index (χ1v) is 10.3. The van der Waals surface area contributed by atoms with Crippen molar-refractivity contribution in [3.63, 3.8) is 0 Å². The van der Waals surface area contributed by atoms with E-state index in [2.05, 4.69) is 25.8 Å². The van der Waals surface area contributed by atoms with Gasteiger partial charge in [0.1, 0.15) is 11.5 Å². The van der Waals surface area contributed by atoms with Crippen molar-refractivity contribution >= 4 is 23.4 Å². The number of aromatic nitrogens is 2. The van der Waals surface area contributed by atoms with E-state index < -0.39 is 0 Å². The molecule has 1 heterocycles. The smallest absolute Gasteiger partial charge is 0.223 e. The molecule has 1 aromatic heterocycles. The maximum absolute atomic E-state index is 6.08. The molecule has 0 amide bonds. The maximum Gasteiger partial charge on any atom is 0.223 e. The fourth-order valence-corrected chi connectivity index (χ4v) is 3.45. The van der Waals surface area contributed by atoms with Gasteiger partial charge in [-0.15, -0.1) is 0 Å². The van der Waals surface area contributed by atoms with Crippen molar-refractivity contribution in [2.75, 3.05) is 7.11 Å². The molecule has 3 rings (SSSR count). The second-order valence-corrected chi connectivity index (χ2v) is 8.70. The van der Waals surface area contributed by atoms with Crippen LogP contribution in [0.3, 0.4) is 0 Å². The zero-order valence-electron chi connectivity index (χ0n) is 16.4. The summed E-state index contributed by atoms with van der Waals surface area (Å²) in [7, 11) is 1.64. The fourth-order valence-electron chi connectivity index (χ4n) is 2.44. The third-order valence-electron chi connectivity index (χ3n) is 3.99. The van der Waals surface area contributed by atoms with Gasteiger partial charge in [0.2, 0.25) is 5.88 Å². The number of methoxy groups -OCH3 is 1. The lowest BCUT2D eigenvalue weighted by Crippen LogP contribution is -2.14. The minimum absolute atomic E-state index is 0.119. The summed E-state index contributed by atoms with van der Waals surface area (Å²) in [5.74, 6) is 2.74. The van der Waals surface area contributed by atoms with Gasteiger partial charge >= 0.3 is 0 Å². The summed E-state index contributed by atoms with van der Waals surface area (Å²) in [6.07, 6.45) is 0. The summed E-state index contributed by atoms with van der Waals surface area (Å²) >= 11 is 7.64. The second-order valence-electron chi connectivity index (χ2n) is 7.32. The molecule has 0 N–H and O–H groups in total. The Morgan fingerprint density at radius 2 is 1.68 bits per heavy atom. The molecule has 3 aromatic rings. The van der Waals surface area contributed by atoms with E-state index >= 15 is 0 Å². The van der Waals surface area contributed by atoms with E-state index in [1.807, 2.05) is 54.6 Å². The highest BCUT2D eigenvalue weighted by Crippen LogP contribution is 2.30. The standard InChI is InChI=1S/C22H23ClN2O2S/c1-22(2,3)19-13-20(27-18-10-8-17(26-4)9-11-18)25-21(24-19)28-14-15-6-5-7-16(23)12-15/h5-13H,14H2,1-4H3. The molecule has 0 bridgehead atoms. The molecule has 28 heavy (non-hydrogen) atoms. The van der Waals surface area contributed by atoms with Crippen LogP contribution < -0.4 is 9.47 Å². The first-order valence-electron chi connectivity index (χ1n) is 8.92. The third kappa shape index (κ3) is 5.63. The van der Waals surface area contributed by atoms with Crippen LogP contribution in [0.1, 0.15) is 32.0 Å². The number of benzene rings is 2. The number of hydrogen-bond acceptors (Lipinski definition) is 5. The lowest BCUT2D eigenvalue weighted by atomic mass is 9.92. The zero-order chi connectivity index (χ0) is 20.1. The average Bonchev–Trinajstić information content (AvgIpc) is 2.66. The predicted octanol–water partition coefficient (Wildman–Crippen LogP) is 6.52. The number of ether oxygens (including phenoxy) is 2. The van der Waals surface area contributed by atoms with Gasteiger partial charge in [0, 0.05) is 22.3 Å². The van der Waals surface area contributed by atoms with Crippen molar-refractivity contribution in [2.24, 2.45) is 0 Å². The minimum Gasteiger partial charge on any atom is -0.497 e. The highest BCUT2D eigenvalue weighted by molar-refractivity contribution is 7.98. The van der Waals surface area contributed by atoms with Crippen molar-refractivity contribution < 1.29 is 9.47 Å². The molecular formula is C22H23ClN2O2S. The van der Waals surface area contributed by atoms with E-state index in [1.54, 1.807) is 18.9 Å². The quantitative estimate of drug-likeness (QED) is 0.339. The van der Waals surface area contributed by atoms with E-state index in [9.17, 15) is 0 Å². The molecule has 0 aliphatic carbocycles. The minimum atomic E-state index is -0.119. The average molecular weight is 415 g/mol. The Morgan fingerprint density at radius 3 is 2.32 bits per heavy atom. The monoisotopic (exact) mass is 414 g/mol. The van der Waals surface area contributed by atoms with Crippen LogP contribution in [-0.4, -0.2) is 17.1 Å². The molecule has 0 spiro atoms. The van der Waals surface area contributed by atoms with Gasteiger partial charge in [-0.1, -0.05) is 56.3 Å². The van der Waals surface area contributed by atoms with Crippen molar-refractivity contribution in [1.82, 2.24) is 9.97 Å². The van der Waals surface area contributed by atoms with E-state index in [4.69, 9.17) is 26.1 Å². The molecule has 0 fully saturated rings. The summed E-state index contributed by atoms with van der Waals surface area (Å²) in [5.41, 5.74) is 1.94. The van der Waals surface area contributed by atoms with Crippen LogP contribution in [0.2, 0.25) is 5.02 Å². The van der Waals surface area contributed by atoms with Gasteiger partial charge in [-0.25, -0.2) is 4.98 Å². The van der Waals surface area contributed by atoms with Crippen molar-refractivity contribution in [3.8, 4) is 17.4 Å². The van der Waals surface area contributed by atoms with E-state index in [1.165, 1.54) is 0 Å². The molecule has 0 radical (unpaired) electrons. The normalized spacial score (nSPS) is 11.3. The molecule has 0 saturated heterocycles. The van der Waals surface area contributed by atoms with Crippen LogP contribution >= 0.6 is 23.4 Å². The molecule has 0 aliphatic rings. The van der Waals surface area contributed by atoms with Crippen molar-refractivity contribution in [3.05, 3.63) is 70.9 Å². The van der Waals surface area contributed by atoms with Crippen LogP contribution in [0.5, 0.6) is 17.4 Å². The molecule has 4 nitrogen and oxygen atoms in total. The molecule has 2 aromatic carbocycles. The molecule has 0 saturated carbocycles. The number of nitrogens with zero attached hydrogens (tertiary/aromatic N) is 2. The Bertz CT molecular complexity index is 940. The Hall–Kier alpha value is -2.24. The van der Waals surface area contributed by atoms with Gasteiger partial charge in [0.15, 0.2) is 5.16 Å². The molecule has 146 valence electrons. The third-order valence-corrected chi connectivity index (χ3v) is 5.14. The summed E-state index contributed by atoms with van der Waals surface area (Å²) in [6, 6.07) is 17.1. The van der Waals surface area contributed by atoms with E-state index in [-0.39, 0.29) is 5.41 Å². The first-order chi connectivity index (χ1) is 13.3. The second kappa shape index (κ2) is 8.84. The fraction of sp³-hybridized carbons (Fsp3) is 0.273. The van der Waals surface area contributed by atoms with Gasteiger partial charge in [-0.05, 0) is 42.0 Å². The Kier molecular flexibility index (Phi) is 6.47. The predicted molar refractivity (Wildman–Crippen MR) is 115 cm³/mol. The highest BCUT2D eigenvalue weighted by atomic mass is 35.5. The van der Waals surface area contributed by atoms with Crippen LogP contribution in [-0.2, 0) is 11.2 Å². The number of thioether (sulfide) groups is 1. The highest BCUT2D eigenvalue weighted by Gasteiger charge is 2.19. The van der Waals surface area contributed by atoms with Gasteiger partial charge in [0.05, 0.1) is 12.8 Å². The summed E-state index contributed by atoms with van der Waals surface area (Å²) < 4.78 is 11.2. The summed E-state index contributed by atoms with van der Waals surface area (Å²) in [5, 5.41) is 1.40. The summed E-state index contributed by atoms with van der Waals surface area (Å²) in [4.78, 5) is 9.32. The van der Waals surface area contributed by atoms with Gasteiger partial charge in [-0.3, -0.25) is 0 Å². The van der Waals surface area contributed by atoms with Crippen LogP contribution in [0, 0.1) is 0 Å². The molecule has 6 heteroatoms. The van der Waals surface area contributed by atoms with Gasteiger partial charge in [-0.2, -0.15) is 4.98 Å². The Balaban J connectivity index is 1.83. The molecule has 0 unspecified atom stereocenters. The van der Waals surface area contributed by atoms with E-state index in [0.717, 1.165) is 27.8 Å². The largest absolute Gasteiger partial charge is 0.497 e. The van der Waals surface area contributed by atoms with Gasteiger partial charge < -0.3 is 9.47 Å². The Labute approximate surface area is 175 Å². The SMILES string of the molecule is COc1ccc(Oc2cc(C(C)(C)C)nc(SCc3cccc(Cl)c3)n2)cc1. The molecular weight excluding hydrogens is 392 g/mol. The molecule has 0 aliphatic heterocycles. The topological polar surface area (TPSA) is 44.2 Å². The molecule has 0 atom stereocenters. The maximum atomic E-state index is 6.08. The van der Waals surface area contributed by atoms with Crippen molar-refractivity contribution in [2.45, 2.75) is 37.1 Å². The van der Waals surface area contributed by atoms with Gasteiger partial charge in [0.25, 0.3) is 0 Å². The van der Waals surface area contributed by atoms with Crippen LogP contribution in [0.4, 0.5) is 0 Å². The number of rotatable bonds is 6. The number of hydrogen-bond donors (Lipinski definition) is 0. The zero-order valence-corrected chi connectivity index (χ0v) is 18.0. The van der Waals surface area contributed by atoms with Crippen molar-refractivity contribution in [1.29, 1.82) is 0 Å². The number of halogens is 1. The van der Waals surface area contributed by atoms with Crippen LogP contribution in [0.25, 0.3) is 0 Å². The van der Waals surface area contributed by atoms with Crippen LogP contribution in [0.15, 0.2) is 59.8 Å².